The fourth-order valence-corrected chi connectivity index (χ4v) is 2.49. The van der Waals surface area contributed by atoms with Gasteiger partial charge in [-0.15, -0.1) is 0 Å². The van der Waals surface area contributed by atoms with Crippen LogP contribution in [0, 0.1) is 18.6 Å². The molecule has 1 aromatic heterocycles. The highest BCUT2D eigenvalue weighted by molar-refractivity contribution is 5.93. The minimum Gasteiger partial charge on any atom is -0.380 e. The van der Waals surface area contributed by atoms with E-state index < -0.39 is 17.5 Å². The zero-order chi connectivity index (χ0) is 17.3. The summed E-state index contributed by atoms with van der Waals surface area (Å²) in [5, 5.41) is 3.70. The molecule has 0 unspecified atom stereocenters. The number of carbonyl (C=O) groups excluding carboxylic acids is 1. The lowest BCUT2D eigenvalue weighted by molar-refractivity contribution is 0.100. The molecule has 0 fully saturated rings. The van der Waals surface area contributed by atoms with Crippen LogP contribution in [0.4, 0.5) is 14.5 Å². The van der Waals surface area contributed by atoms with Gasteiger partial charge in [0.1, 0.15) is 5.52 Å². The molecule has 24 heavy (non-hydrogen) atoms. The van der Waals surface area contributed by atoms with Crippen molar-refractivity contribution in [3.05, 3.63) is 70.9 Å². The number of carbonyl (C=O) groups is 1. The van der Waals surface area contributed by atoms with E-state index in [1.54, 1.807) is 37.3 Å². The SMILES string of the molecule is Cc1cc(NCc2ccc(C(N)=O)cc2)c2ccc(F)c(F)c2n1. The van der Waals surface area contributed by atoms with Gasteiger partial charge in [-0.2, -0.15) is 0 Å². The van der Waals surface area contributed by atoms with Gasteiger partial charge in [0.25, 0.3) is 0 Å². The third kappa shape index (κ3) is 3.03. The zero-order valence-corrected chi connectivity index (χ0v) is 12.9. The van der Waals surface area contributed by atoms with Gasteiger partial charge in [-0.05, 0) is 42.8 Å². The first-order valence-corrected chi connectivity index (χ1v) is 7.33. The summed E-state index contributed by atoms with van der Waals surface area (Å²) in [5.41, 5.74) is 7.81. The summed E-state index contributed by atoms with van der Waals surface area (Å²) in [6.45, 7) is 2.17. The second-order valence-corrected chi connectivity index (χ2v) is 5.48. The number of halogens is 2. The van der Waals surface area contributed by atoms with Crippen molar-refractivity contribution in [2.24, 2.45) is 5.73 Å². The topological polar surface area (TPSA) is 68.0 Å². The van der Waals surface area contributed by atoms with E-state index in [-0.39, 0.29) is 5.52 Å². The molecule has 1 heterocycles. The molecule has 1 amide bonds. The number of nitrogens with two attached hydrogens (primary N) is 1. The van der Waals surface area contributed by atoms with Crippen LogP contribution in [0.5, 0.6) is 0 Å². The molecular formula is C18H15F2N3O. The van der Waals surface area contributed by atoms with Crippen molar-refractivity contribution in [1.29, 1.82) is 0 Å². The Hall–Kier alpha value is -3.02. The Labute approximate surface area is 137 Å². The average molecular weight is 327 g/mol. The number of primary amides is 1. The van der Waals surface area contributed by atoms with Crippen molar-refractivity contribution in [2.45, 2.75) is 13.5 Å². The second-order valence-electron chi connectivity index (χ2n) is 5.48. The molecule has 0 aliphatic carbocycles. The van der Waals surface area contributed by atoms with Crippen LogP contribution in [0.3, 0.4) is 0 Å². The summed E-state index contributed by atoms with van der Waals surface area (Å²) < 4.78 is 27.3. The number of benzene rings is 2. The van der Waals surface area contributed by atoms with E-state index >= 15 is 0 Å². The molecule has 0 spiro atoms. The maximum Gasteiger partial charge on any atom is 0.248 e. The molecule has 3 N–H and O–H groups in total. The number of amides is 1. The van der Waals surface area contributed by atoms with Crippen LogP contribution in [0.25, 0.3) is 10.9 Å². The van der Waals surface area contributed by atoms with E-state index in [0.29, 0.717) is 28.9 Å². The average Bonchev–Trinajstić information content (AvgIpc) is 2.56. The summed E-state index contributed by atoms with van der Waals surface area (Å²) >= 11 is 0. The number of aromatic nitrogens is 1. The Balaban J connectivity index is 1.90. The Morgan fingerprint density at radius 2 is 1.88 bits per heavy atom. The van der Waals surface area contributed by atoms with Crippen LogP contribution >= 0.6 is 0 Å². The van der Waals surface area contributed by atoms with Crippen LogP contribution in [0.15, 0.2) is 42.5 Å². The lowest BCUT2D eigenvalue weighted by Gasteiger charge is -2.12. The van der Waals surface area contributed by atoms with Gasteiger partial charge in [-0.1, -0.05) is 12.1 Å². The molecule has 0 aliphatic rings. The predicted molar refractivity (Wildman–Crippen MR) is 88.7 cm³/mol. The van der Waals surface area contributed by atoms with E-state index in [2.05, 4.69) is 10.3 Å². The number of aryl methyl sites for hydroxylation is 1. The molecule has 0 saturated carbocycles. The number of nitrogens with zero attached hydrogens (tertiary/aromatic N) is 1. The third-order valence-corrected chi connectivity index (χ3v) is 3.72. The van der Waals surface area contributed by atoms with Gasteiger partial charge < -0.3 is 11.1 Å². The molecule has 0 bridgehead atoms. The highest BCUT2D eigenvalue weighted by atomic mass is 19.2. The van der Waals surface area contributed by atoms with Gasteiger partial charge in [0.15, 0.2) is 11.6 Å². The second kappa shape index (κ2) is 6.23. The van der Waals surface area contributed by atoms with E-state index in [4.69, 9.17) is 5.73 Å². The van der Waals surface area contributed by atoms with E-state index in [1.165, 1.54) is 6.07 Å². The highest BCUT2D eigenvalue weighted by Gasteiger charge is 2.12. The van der Waals surface area contributed by atoms with Crippen molar-refractivity contribution in [3.8, 4) is 0 Å². The van der Waals surface area contributed by atoms with Crippen molar-refractivity contribution < 1.29 is 13.6 Å². The minimum atomic E-state index is -0.954. The highest BCUT2D eigenvalue weighted by Crippen LogP contribution is 2.27. The summed E-state index contributed by atoms with van der Waals surface area (Å²) in [6.07, 6.45) is 0. The van der Waals surface area contributed by atoms with Crippen molar-refractivity contribution in [1.82, 2.24) is 4.98 Å². The fourth-order valence-electron chi connectivity index (χ4n) is 2.49. The first kappa shape index (κ1) is 15.9. The number of hydrogen-bond donors (Lipinski definition) is 2. The number of pyridine rings is 1. The number of nitrogens with one attached hydrogen (secondary N) is 1. The van der Waals surface area contributed by atoms with Gasteiger partial charge in [-0.25, -0.2) is 13.8 Å². The summed E-state index contributed by atoms with van der Waals surface area (Å²) in [6, 6.07) is 11.2. The molecule has 122 valence electrons. The van der Waals surface area contributed by atoms with Crippen LogP contribution in [0.1, 0.15) is 21.6 Å². The van der Waals surface area contributed by atoms with E-state index in [0.717, 1.165) is 11.6 Å². The lowest BCUT2D eigenvalue weighted by Crippen LogP contribution is -2.10. The number of hydrogen-bond acceptors (Lipinski definition) is 3. The number of rotatable bonds is 4. The molecule has 0 saturated heterocycles. The maximum atomic E-state index is 13.9. The summed E-state index contributed by atoms with van der Waals surface area (Å²) in [4.78, 5) is 15.1. The molecule has 0 radical (unpaired) electrons. The van der Waals surface area contributed by atoms with E-state index in [1.807, 2.05) is 0 Å². The summed E-state index contributed by atoms with van der Waals surface area (Å²) in [5.74, 6) is -2.36. The molecule has 3 aromatic rings. The quantitative estimate of drug-likeness (QED) is 0.770. The predicted octanol–water partition coefficient (Wildman–Crippen LogP) is 3.53. The lowest BCUT2D eigenvalue weighted by atomic mass is 10.1. The van der Waals surface area contributed by atoms with E-state index in [9.17, 15) is 13.6 Å². The zero-order valence-electron chi connectivity index (χ0n) is 12.9. The van der Waals surface area contributed by atoms with Crippen LogP contribution in [-0.4, -0.2) is 10.9 Å². The number of fused-ring (bicyclic) bond motifs is 1. The molecule has 0 atom stereocenters. The Kier molecular flexibility index (Phi) is 4.12. The third-order valence-electron chi connectivity index (χ3n) is 3.72. The van der Waals surface area contributed by atoms with Crippen LogP contribution < -0.4 is 11.1 Å². The van der Waals surface area contributed by atoms with Crippen LogP contribution in [-0.2, 0) is 6.54 Å². The molecule has 6 heteroatoms. The van der Waals surface area contributed by atoms with Gasteiger partial charge in [0.2, 0.25) is 5.91 Å². The van der Waals surface area contributed by atoms with Crippen LogP contribution in [0.2, 0.25) is 0 Å². The first-order valence-electron chi connectivity index (χ1n) is 7.33. The molecule has 3 rings (SSSR count). The molecule has 2 aromatic carbocycles. The first-order chi connectivity index (χ1) is 11.5. The van der Waals surface area contributed by atoms with Crippen molar-refractivity contribution >= 4 is 22.5 Å². The Morgan fingerprint density at radius 3 is 2.54 bits per heavy atom. The fraction of sp³-hybridized carbons (Fsp3) is 0.111. The number of anilines is 1. The van der Waals surface area contributed by atoms with Gasteiger partial charge in [-0.3, -0.25) is 4.79 Å². The molecule has 0 aliphatic heterocycles. The molecule has 4 nitrogen and oxygen atoms in total. The van der Waals surface area contributed by atoms with Crippen molar-refractivity contribution in [3.63, 3.8) is 0 Å². The Morgan fingerprint density at radius 1 is 1.17 bits per heavy atom. The summed E-state index contributed by atoms with van der Waals surface area (Å²) in [7, 11) is 0. The Bertz CT molecular complexity index is 924. The van der Waals surface area contributed by atoms with Crippen molar-refractivity contribution in [2.75, 3.05) is 5.32 Å². The maximum absolute atomic E-state index is 13.9. The monoisotopic (exact) mass is 327 g/mol. The standard InChI is InChI=1S/C18H15F2N3O/c1-10-8-15(13-6-7-14(19)16(20)17(13)23-10)22-9-11-2-4-12(5-3-11)18(21)24/h2-8H,9H2,1H3,(H2,21,24)(H,22,23). The van der Waals surface area contributed by atoms with Gasteiger partial charge >= 0.3 is 0 Å². The largest absolute Gasteiger partial charge is 0.380 e. The molecular weight excluding hydrogens is 312 g/mol. The van der Waals surface area contributed by atoms with Gasteiger partial charge in [0, 0.05) is 28.9 Å². The smallest absolute Gasteiger partial charge is 0.248 e. The van der Waals surface area contributed by atoms with Gasteiger partial charge in [0.05, 0.1) is 0 Å². The minimum absolute atomic E-state index is 0.00146. The normalized spacial score (nSPS) is 10.8.